The van der Waals surface area contributed by atoms with Crippen LogP contribution in [0.1, 0.15) is 31.7 Å². The van der Waals surface area contributed by atoms with Gasteiger partial charge in [0, 0.05) is 0 Å². The van der Waals surface area contributed by atoms with Gasteiger partial charge in [-0.15, -0.1) is 0 Å². The molecule has 0 saturated carbocycles. The summed E-state index contributed by atoms with van der Waals surface area (Å²) in [4.78, 5) is 0. The molecule has 1 nitrogen and oxygen atoms in total. The van der Waals surface area contributed by atoms with Gasteiger partial charge < -0.3 is 0 Å². The normalized spacial score (nSPS) is 24.7. The molecule has 0 aliphatic carbocycles. The van der Waals surface area contributed by atoms with Crippen molar-refractivity contribution in [2.75, 3.05) is 6.61 Å². The van der Waals surface area contributed by atoms with Crippen LogP contribution in [0.15, 0.2) is 60.7 Å². The molecule has 1 fully saturated rings. The van der Waals surface area contributed by atoms with E-state index in [0.29, 0.717) is 38.8 Å². The summed E-state index contributed by atoms with van der Waals surface area (Å²) in [6.07, 6.45) is 1.55. The fourth-order valence-corrected chi connectivity index (χ4v) is 5.90. The monoisotopic (exact) mass is 374 g/mol. The second-order valence-electron chi connectivity index (χ2n) is 6.66. The molecule has 0 aromatic heterocycles. The Kier molecular flexibility index (Phi) is 5.94. The first kappa shape index (κ1) is 16.8. The molecule has 0 unspecified atom stereocenters. The fraction of sp³-hybridized carbons (Fsp3) is 0.429. The van der Waals surface area contributed by atoms with E-state index in [4.69, 9.17) is 4.74 Å². The number of ether oxygens (including phenoxy) is 1. The molecule has 3 atom stereocenters. The van der Waals surface area contributed by atoms with Crippen LogP contribution in [0, 0.1) is 11.8 Å². The molecule has 3 rings (SSSR count). The Morgan fingerprint density at radius 2 is 1.65 bits per heavy atom. The van der Waals surface area contributed by atoms with Crippen molar-refractivity contribution < 1.29 is 4.74 Å². The molecular formula is C21H26OSe. The van der Waals surface area contributed by atoms with Gasteiger partial charge in [-0.05, 0) is 0 Å². The molecule has 0 bridgehead atoms. The minimum absolute atomic E-state index is 0.397. The molecule has 0 N–H and O–H groups in total. The van der Waals surface area contributed by atoms with Gasteiger partial charge in [-0.2, -0.15) is 0 Å². The van der Waals surface area contributed by atoms with Gasteiger partial charge in [0.2, 0.25) is 0 Å². The number of hydrogen-bond donors (Lipinski definition) is 0. The third kappa shape index (κ3) is 4.26. The van der Waals surface area contributed by atoms with Gasteiger partial charge in [0.1, 0.15) is 0 Å². The van der Waals surface area contributed by atoms with Gasteiger partial charge in [-0.1, -0.05) is 0 Å². The van der Waals surface area contributed by atoms with Crippen LogP contribution in [-0.4, -0.2) is 27.7 Å². The zero-order chi connectivity index (χ0) is 16.1. The molecule has 23 heavy (non-hydrogen) atoms. The van der Waals surface area contributed by atoms with E-state index in [9.17, 15) is 0 Å². The van der Waals surface area contributed by atoms with Crippen molar-refractivity contribution in [2.24, 2.45) is 11.8 Å². The first-order valence-corrected chi connectivity index (χ1v) is 10.7. The summed E-state index contributed by atoms with van der Waals surface area (Å²) in [7, 11) is 0. The fourth-order valence-electron chi connectivity index (χ4n) is 3.75. The topological polar surface area (TPSA) is 9.23 Å². The van der Waals surface area contributed by atoms with E-state index in [1.54, 1.807) is 0 Å². The molecule has 0 spiro atoms. The Morgan fingerprint density at radius 3 is 2.30 bits per heavy atom. The van der Waals surface area contributed by atoms with Crippen LogP contribution >= 0.6 is 0 Å². The number of benzene rings is 2. The summed E-state index contributed by atoms with van der Waals surface area (Å²) in [6.45, 7) is 5.62. The van der Waals surface area contributed by atoms with Gasteiger partial charge >= 0.3 is 146 Å². The Balaban J connectivity index is 1.73. The van der Waals surface area contributed by atoms with Crippen LogP contribution in [-0.2, 0) is 4.74 Å². The zero-order valence-corrected chi connectivity index (χ0v) is 15.7. The maximum absolute atomic E-state index is 6.24. The van der Waals surface area contributed by atoms with Crippen LogP contribution in [0.3, 0.4) is 0 Å². The summed E-state index contributed by atoms with van der Waals surface area (Å²) in [5.41, 5.74) is 1.49. The van der Waals surface area contributed by atoms with E-state index in [-0.39, 0.29) is 0 Å². The summed E-state index contributed by atoms with van der Waals surface area (Å²) < 4.78 is 7.72. The summed E-state index contributed by atoms with van der Waals surface area (Å²) in [5, 5.41) is 1.18. The van der Waals surface area contributed by atoms with Gasteiger partial charge in [0.05, 0.1) is 0 Å². The van der Waals surface area contributed by atoms with Crippen LogP contribution in [0.2, 0.25) is 5.32 Å². The van der Waals surface area contributed by atoms with Crippen LogP contribution in [0.25, 0.3) is 0 Å². The number of rotatable bonds is 5. The van der Waals surface area contributed by atoms with Crippen molar-refractivity contribution in [3.8, 4) is 0 Å². The first-order valence-electron chi connectivity index (χ1n) is 8.60. The van der Waals surface area contributed by atoms with Crippen molar-refractivity contribution in [2.45, 2.75) is 37.6 Å². The first-order chi connectivity index (χ1) is 11.3. The standard InChI is InChI=1S/C21H26OSe/c1-16(2)21-19(17-9-5-3-6-10-17)13-14-22-20(21)15-23-18-11-7-4-8-12-18/h3-12,16,19-21H,13-15H2,1-2H3/t19-,20+,21-/m0/s1. The van der Waals surface area contributed by atoms with E-state index >= 15 is 0 Å². The average Bonchev–Trinajstić information content (AvgIpc) is 2.61. The third-order valence-corrected chi connectivity index (χ3v) is 7.12. The van der Waals surface area contributed by atoms with Gasteiger partial charge in [-0.25, -0.2) is 0 Å². The summed E-state index contributed by atoms with van der Waals surface area (Å²) in [5.74, 6) is 1.91. The second-order valence-corrected chi connectivity index (χ2v) is 8.95. The molecule has 2 aromatic rings. The quantitative estimate of drug-likeness (QED) is 0.711. The van der Waals surface area contributed by atoms with Crippen LogP contribution in [0.4, 0.5) is 0 Å². The van der Waals surface area contributed by atoms with E-state index in [0.717, 1.165) is 13.0 Å². The predicted octanol–water partition coefficient (Wildman–Crippen LogP) is 4.28. The van der Waals surface area contributed by atoms with Gasteiger partial charge in [0.15, 0.2) is 0 Å². The van der Waals surface area contributed by atoms with E-state index < -0.39 is 0 Å². The van der Waals surface area contributed by atoms with Crippen molar-refractivity contribution in [1.29, 1.82) is 0 Å². The van der Waals surface area contributed by atoms with Crippen LogP contribution in [0.5, 0.6) is 0 Å². The Morgan fingerprint density at radius 1 is 1.00 bits per heavy atom. The van der Waals surface area contributed by atoms with E-state index in [2.05, 4.69) is 74.5 Å². The van der Waals surface area contributed by atoms with Crippen LogP contribution < -0.4 is 4.46 Å². The van der Waals surface area contributed by atoms with E-state index in [1.165, 1.54) is 15.3 Å². The minimum atomic E-state index is 0.397. The Labute approximate surface area is 146 Å². The van der Waals surface area contributed by atoms with E-state index in [1.807, 2.05) is 0 Å². The molecule has 2 aromatic carbocycles. The predicted molar refractivity (Wildman–Crippen MR) is 98.5 cm³/mol. The summed E-state index contributed by atoms with van der Waals surface area (Å²) >= 11 is 0.498. The molecule has 0 amide bonds. The molecule has 1 aliphatic heterocycles. The maximum atomic E-state index is 6.24. The molecular weight excluding hydrogens is 347 g/mol. The third-order valence-electron chi connectivity index (χ3n) is 4.81. The van der Waals surface area contributed by atoms with Crippen molar-refractivity contribution in [1.82, 2.24) is 0 Å². The molecule has 1 aliphatic rings. The summed E-state index contributed by atoms with van der Waals surface area (Å²) in [6, 6.07) is 21.9. The van der Waals surface area contributed by atoms with Crippen molar-refractivity contribution in [3.63, 3.8) is 0 Å². The van der Waals surface area contributed by atoms with Gasteiger partial charge in [0.25, 0.3) is 0 Å². The Hall–Kier alpha value is -1.08. The molecule has 2 heteroatoms. The van der Waals surface area contributed by atoms with Crippen molar-refractivity contribution >= 4 is 19.4 Å². The second kappa shape index (κ2) is 8.15. The average molecular weight is 373 g/mol. The Bertz CT molecular complexity index is 581. The van der Waals surface area contributed by atoms with Gasteiger partial charge in [-0.3, -0.25) is 0 Å². The SMILES string of the molecule is CC(C)[C@@H]1[C@@H](C[Se]c2ccccc2)OCC[C@H]1c1ccccc1. The molecule has 1 heterocycles. The zero-order valence-electron chi connectivity index (χ0n) is 14.0. The molecule has 0 radical (unpaired) electrons. The molecule has 122 valence electrons. The van der Waals surface area contributed by atoms with Crippen molar-refractivity contribution in [3.05, 3.63) is 66.2 Å². The number of hydrogen-bond acceptors (Lipinski definition) is 1. The molecule has 1 saturated heterocycles.